The number of hydrogen-bond donors (Lipinski definition) is 5. The molecule has 0 aromatic heterocycles. The molecule has 54 heavy (non-hydrogen) atoms. The molecule has 1 heterocycles. The summed E-state index contributed by atoms with van der Waals surface area (Å²) in [6, 6.07) is 15.1. The van der Waals surface area contributed by atoms with Crippen molar-refractivity contribution >= 4 is 128 Å². The zero-order valence-corrected chi connectivity index (χ0v) is 40.5. The van der Waals surface area contributed by atoms with Crippen molar-refractivity contribution in [3.05, 3.63) is 70.3 Å². The molecule has 1 saturated heterocycles. The molecule has 17 heteroatoms. The highest BCUT2D eigenvalue weighted by molar-refractivity contribution is 14.2. The lowest BCUT2D eigenvalue weighted by Gasteiger charge is -2.33. The molecular formula is C37H51B3I3N4O4P3. The van der Waals surface area contributed by atoms with E-state index in [-0.39, 0.29) is 12.1 Å². The molecule has 6 radical (unpaired) electrons. The molecule has 7 N–H and O–H groups in total. The Bertz CT molecular complexity index is 1580. The van der Waals surface area contributed by atoms with Crippen molar-refractivity contribution < 1.29 is 20.1 Å². The Morgan fingerprint density at radius 2 is 1.02 bits per heavy atom. The van der Waals surface area contributed by atoms with E-state index in [2.05, 4.69) is 88.1 Å². The van der Waals surface area contributed by atoms with Crippen molar-refractivity contribution in [3.8, 4) is 17.2 Å². The van der Waals surface area contributed by atoms with Crippen molar-refractivity contribution in [1.29, 1.82) is 0 Å². The maximum absolute atomic E-state index is 10.8. The minimum atomic E-state index is -0.739. The predicted molar refractivity (Wildman–Crippen MR) is 261 cm³/mol. The van der Waals surface area contributed by atoms with E-state index < -0.39 is 16.3 Å². The molecule has 7 unspecified atom stereocenters. The van der Waals surface area contributed by atoms with Crippen LogP contribution in [0.3, 0.4) is 0 Å². The van der Waals surface area contributed by atoms with E-state index in [0.29, 0.717) is 42.4 Å². The van der Waals surface area contributed by atoms with Gasteiger partial charge in [0.2, 0.25) is 0 Å². The number of rotatable bonds is 7. The zero-order valence-electron chi connectivity index (χ0n) is 31.3. The highest BCUT2D eigenvalue weighted by atomic mass is 127. The molecule has 3 fully saturated rings. The van der Waals surface area contributed by atoms with Crippen LogP contribution in [0.5, 0.6) is 17.2 Å². The number of phenols is 3. The van der Waals surface area contributed by atoms with Gasteiger partial charge in [0.1, 0.15) is 46.7 Å². The third kappa shape index (κ3) is 13.9. The van der Waals surface area contributed by atoms with Crippen LogP contribution in [-0.4, -0.2) is 85.4 Å². The number of halogens is 3. The summed E-state index contributed by atoms with van der Waals surface area (Å²) in [5.41, 5.74) is 13.9. The van der Waals surface area contributed by atoms with Gasteiger partial charge in [-0.3, -0.25) is 9.80 Å². The summed E-state index contributed by atoms with van der Waals surface area (Å²) in [7, 11) is 18.1. The standard InChI is InChI=1S/C23H28B2I2N2O2P2.C7H7BIOP.C6H14N2.CH2O/c1-14-7-18(32(24)26)9-16(22(14)30)11-28-13-29(21-6-4-3-5-20(21)28)12-17-10-19(33(25)27)8-15(2)23(17)31;1-5-4-6(11(8)9)2-3-7(5)10;7-5-3-1-2-4-6(5)8;1-2/h7-10,20-21,30-31H,3-6,11-13H2,1-2H3;2-4,10H,1H3;5-6H,1-4,7-8H2;1H2. The molecule has 0 amide bonds. The van der Waals surface area contributed by atoms with Crippen LogP contribution in [0.2, 0.25) is 0 Å². The molecular weight excluding hydrogens is 1070 g/mol. The minimum Gasteiger partial charge on any atom is -0.508 e. The summed E-state index contributed by atoms with van der Waals surface area (Å²) in [6.45, 7) is 10.0. The van der Waals surface area contributed by atoms with E-state index in [1.807, 2.05) is 51.8 Å². The van der Waals surface area contributed by atoms with Crippen LogP contribution < -0.4 is 27.4 Å². The van der Waals surface area contributed by atoms with Gasteiger partial charge in [0.25, 0.3) is 0 Å². The maximum atomic E-state index is 10.8. The molecule has 3 aliphatic rings. The van der Waals surface area contributed by atoms with Gasteiger partial charge >= 0.3 is 0 Å². The normalized spacial score (nSPS) is 22.9. The molecule has 0 spiro atoms. The first-order chi connectivity index (χ1) is 25.6. The summed E-state index contributed by atoms with van der Waals surface area (Å²) in [6.07, 6.45) is 9.62. The van der Waals surface area contributed by atoms with Crippen LogP contribution in [0.1, 0.15) is 79.2 Å². The van der Waals surface area contributed by atoms with Gasteiger partial charge in [-0.15, -0.1) is 0 Å². The number of aromatic hydroxyl groups is 3. The fourth-order valence-corrected chi connectivity index (χ4v) is 11.6. The Labute approximate surface area is 369 Å². The third-order valence-electron chi connectivity index (χ3n) is 10.3. The van der Waals surface area contributed by atoms with Gasteiger partial charge in [-0.2, -0.15) is 0 Å². The van der Waals surface area contributed by atoms with Gasteiger partial charge in [0.15, 0.2) is 0 Å². The Morgan fingerprint density at radius 3 is 1.37 bits per heavy atom. The Balaban J connectivity index is 0.000000303. The summed E-state index contributed by atoms with van der Waals surface area (Å²) >= 11 is 6.76. The second-order valence-corrected chi connectivity index (χ2v) is 26.9. The summed E-state index contributed by atoms with van der Waals surface area (Å²) < 4.78 is 0. The van der Waals surface area contributed by atoms with Crippen molar-refractivity contribution in [2.75, 3.05) is 6.67 Å². The highest BCUT2D eigenvalue weighted by Crippen LogP contribution is 2.43. The molecule has 2 saturated carbocycles. The van der Waals surface area contributed by atoms with Crippen molar-refractivity contribution in [3.63, 3.8) is 0 Å². The Morgan fingerprint density at radius 1 is 0.648 bits per heavy atom. The summed E-state index contributed by atoms with van der Waals surface area (Å²) in [5, 5.41) is 34.1. The smallest absolute Gasteiger partial charge is 0.129 e. The first-order valence-corrected chi connectivity index (χ1v) is 30.5. The van der Waals surface area contributed by atoms with Crippen LogP contribution in [-0.2, 0) is 17.9 Å². The fraction of sp³-hybridized carbons (Fsp3) is 0.486. The van der Waals surface area contributed by atoms with E-state index in [4.69, 9.17) is 39.0 Å². The second kappa shape index (κ2) is 23.7. The average Bonchev–Trinajstić information content (AvgIpc) is 3.48. The first-order valence-electron chi connectivity index (χ1n) is 17.9. The van der Waals surface area contributed by atoms with Gasteiger partial charge in [0, 0.05) is 48.4 Å². The quantitative estimate of drug-likeness (QED) is 0.0926. The molecule has 6 rings (SSSR count). The average molecular weight is 1120 g/mol. The van der Waals surface area contributed by atoms with E-state index in [1.54, 1.807) is 6.07 Å². The molecule has 288 valence electrons. The largest absolute Gasteiger partial charge is 0.508 e. The number of benzene rings is 3. The van der Waals surface area contributed by atoms with Crippen LogP contribution in [0.25, 0.3) is 0 Å². The number of carbonyl (C=O) groups is 1. The molecule has 3 aromatic rings. The number of nitrogens with two attached hydrogens (primary N) is 2. The molecule has 8 nitrogen and oxygen atoms in total. The lowest BCUT2D eigenvalue weighted by molar-refractivity contribution is -0.0980. The van der Waals surface area contributed by atoms with Gasteiger partial charge in [-0.25, -0.2) is 0 Å². The Hall–Kier alpha value is 0.245. The lowest BCUT2D eigenvalue weighted by atomic mass is 9.89. The zero-order chi connectivity index (χ0) is 40.3. The van der Waals surface area contributed by atoms with Gasteiger partial charge in [-0.1, -0.05) is 114 Å². The monoisotopic (exact) mass is 1120 g/mol. The van der Waals surface area contributed by atoms with E-state index >= 15 is 0 Å². The number of nitrogens with zero attached hydrogens (tertiary/aromatic N) is 2. The van der Waals surface area contributed by atoms with E-state index in [9.17, 15) is 15.3 Å². The first kappa shape index (κ1) is 48.6. The van der Waals surface area contributed by atoms with Crippen LogP contribution >= 0.6 is 82.5 Å². The highest BCUT2D eigenvalue weighted by Gasteiger charge is 2.41. The molecule has 7 atom stereocenters. The number of aryl methyl sites for hydroxylation is 3. The number of fused-ring (bicyclic) bond motifs is 1. The summed E-state index contributed by atoms with van der Waals surface area (Å²) in [5.74, 6) is 1.11. The van der Waals surface area contributed by atoms with Gasteiger partial charge in [-0.05, 0) is 115 Å². The predicted octanol–water partition coefficient (Wildman–Crippen LogP) is 7.65. The minimum absolute atomic E-state index is 0.281. The molecule has 3 aromatic carbocycles. The van der Waals surface area contributed by atoms with E-state index in [0.717, 1.165) is 63.2 Å². The van der Waals surface area contributed by atoms with Crippen LogP contribution in [0, 0.1) is 20.8 Å². The molecule has 2 aliphatic carbocycles. The number of carbonyl (C=O) groups excluding carboxylic acids is 1. The number of hydrogen-bond acceptors (Lipinski definition) is 8. The van der Waals surface area contributed by atoms with Crippen molar-refractivity contribution in [1.82, 2.24) is 9.80 Å². The van der Waals surface area contributed by atoms with Crippen LogP contribution in [0.15, 0.2) is 42.5 Å². The number of phenolic OH excluding ortho intramolecular Hbond substituents is 3. The fourth-order valence-electron chi connectivity index (χ4n) is 7.27. The second-order valence-electron chi connectivity index (χ2n) is 14.1. The van der Waals surface area contributed by atoms with Crippen molar-refractivity contribution in [2.24, 2.45) is 11.5 Å². The SMILES string of the molecule is C=O.NC1CCCCC1N.[B]P(I)c1cc(C)c(O)c(CN2CN(Cc3cc(P([B])I)cc(C)c3O)C3CCCCC32)c1.[B]P(I)c1ccc(O)c(C)c1. The molecule has 1 aliphatic heterocycles. The maximum Gasteiger partial charge on any atom is 0.129 e. The van der Waals surface area contributed by atoms with Gasteiger partial charge < -0.3 is 31.6 Å². The lowest BCUT2D eigenvalue weighted by Crippen LogP contribution is -2.43. The van der Waals surface area contributed by atoms with Gasteiger partial charge in [0.05, 0.1) is 6.67 Å². The summed E-state index contributed by atoms with van der Waals surface area (Å²) in [4.78, 5) is 13.0. The van der Waals surface area contributed by atoms with Crippen LogP contribution in [0.4, 0.5) is 0 Å². The topological polar surface area (TPSA) is 136 Å². The van der Waals surface area contributed by atoms with E-state index in [1.165, 1.54) is 38.5 Å². The molecule has 0 bridgehead atoms. The third-order valence-corrected chi connectivity index (χ3v) is 17.6. The Kier molecular flexibility index (Phi) is 21.4. The van der Waals surface area contributed by atoms with Crippen molar-refractivity contribution in [2.45, 2.75) is 109 Å².